The van der Waals surface area contributed by atoms with Crippen LogP contribution in [0.15, 0.2) is 12.5 Å². The number of aliphatic hydroxyl groups excluding tert-OH is 3. The Bertz CT molecular complexity index is 2930. The summed E-state index contributed by atoms with van der Waals surface area (Å²) in [6.07, 6.45) is -7.46. The number of rotatable bonds is 43. The highest BCUT2D eigenvalue weighted by molar-refractivity contribution is 6.01. The van der Waals surface area contributed by atoms with E-state index in [4.69, 9.17) is 17.2 Å². The highest BCUT2D eigenvalue weighted by Gasteiger charge is 2.38. The Morgan fingerprint density at radius 3 is 1.22 bits per heavy atom. The number of nitrogens with one attached hydrogen (secondary N) is 13. The van der Waals surface area contributed by atoms with Crippen LogP contribution in [0.1, 0.15) is 106 Å². The Hall–Kier alpha value is -10.4. The summed E-state index contributed by atoms with van der Waals surface area (Å²) in [6.45, 7) is 7.49. The van der Waals surface area contributed by atoms with Crippen LogP contribution in [0.4, 0.5) is 0 Å². The summed E-state index contributed by atoms with van der Waals surface area (Å²) in [5, 5.41) is 85.1. The van der Waals surface area contributed by atoms with Gasteiger partial charge >= 0.3 is 17.9 Å². The van der Waals surface area contributed by atoms with Gasteiger partial charge < -0.3 is 117 Å². The van der Waals surface area contributed by atoms with E-state index in [9.17, 15) is 117 Å². The lowest BCUT2D eigenvalue weighted by Crippen LogP contribution is -2.62. The molecular weight excluding hydrogens is 1260 g/mol. The van der Waals surface area contributed by atoms with E-state index < -0.39 is 243 Å². The minimum atomic E-state index is -2.28. The lowest BCUT2D eigenvalue weighted by molar-refractivity contribution is -0.142. The van der Waals surface area contributed by atoms with Gasteiger partial charge in [0, 0.05) is 32.4 Å². The maximum atomic E-state index is 13.8. The van der Waals surface area contributed by atoms with Gasteiger partial charge in [0.2, 0.25) is 88.6 Å². The summed E-state index contributed by atoms with van der Waals surface area (Å²) in [5.74, 6) is -23.5. The molecule has 524 valence electrons. The molecule has 0 fully saturated rings. The van der Waals surface area contributed by atoms with E-state index in [2.05, 4.69) is 52.5 Å². The molecule has 1 aromatic heterocycles. The summed E-state index contributed by atoms with van der Waals surface area (Å²) in [6, 6.07) is -22.0. The first-order valence-electron chi connectivity index (χ1n) is 28.7. The predicted octanol–water partition coefficient (Wildman–Crippen LogP) is -10.9. The summed E-state index contributed by atoms with van der Waals surface area (Å²) >= 11 is 0. The fourth-order valence-corrected chi connectivity index (χ4v) is 8.25. The summed E-state index contributed by atoms with van der Waals surface area (Å²) in [7, 11) is 0. The fraction of sp³-hybridized carbons (Fsp3) is 0.604. The van der Waals surface area contributed by atoms with Crippen molar-refractivity contribution in [2.45, 2.75) is 191 Å². The number of aromatic nitrogens is 2. The average molecular weight is 1340 g/mol. The van der Waals surface area contributed by atoms with E-state index in [1.807, 2.05) is 21.3 Å². The molecule has 15 amide bonds. The number of H-pyrrole nitrogens is 1. The van der Waals surface area contributed by atoms with Crippen LogP contribution in [-0.2, 0) is 92.7 Å². The van der Waals surface area contributed by atoms with Crippen molar-refractivity contribution in [3.63, 3.8) is 0 Å². The van der Waals surface area contributed by atoms with E-state index >= 15 is 0 Å². The number of hydrogen-bond donors (Lipinski definition) is 22. The van der Waals surface area contributed by atoms with Gasteiger partial charge in [-0.15, -0.1) is 0 Å². The lowest BCUT2D eigenvalue weighted by atomic mass is 10.0. The third-order valence-electron chi connectivity index (χ3n) is 13.1. The molecule has 1 rings (SSSR count). The average Bonchev–Trinajstić information content (AvgIpc) is 1.01. The van der Waals surface area contributed by atoms with Crippen molar-refractivity contribution in [3.05, 3.63) is 18.2 Å². The first-order valence-corrected chi connectivity index (χ1v) is 28.7. The van der Waals surface area contributed by atoms with Crippen LogP contribution >= 0.6 is 0 Å². The Balaban J connectivity index is 3.37. The largest absolute Gasteiger partial charge is 0.481 e. The van der Waals surface area contributed by atoms with Crippen molar-refractivity contribution in [1.82, 2.24) is 73.8 Å². The minimum absolute atomic E-state index is 0.108. The minimum Gasteiger partial charge on any atom is -0.481 e. The highest BCUT2D eigenvalue weighted by atomic mass is 16.4. The van der Waals surface area contributed by atoms with Crippen molar-refractivity contribution in [1.29, 1.82) is 0 Å². The molecule has 0 radical (unpaired) electrons. The summed E-state index contributed by atoms with van der Waals surface area (Å²) in [5.41, 5.74) is 16.2. The van der Waals surface area contributed by atoms with Gasteiger partial charge in [0.15, 0.2) is 0 Å². The Morgan fingerprint density at radius 1 is 0.436 bits per heavy atom. The predicted molar refractivity (Wildman–Crippen MR) is 315 cm³/mol. The van der Waals surface area contributed by atoms with Crippen LogP contribution in [0.25, 0.3) is 0 Å². The number of amides is 15. The number of aliphatic hydroxyl groups is 3. The van der Waals surface area contributed by atoms with E-state index in [1.54, 1.807) is 13.8 Å². The topological polar surface area (TPSA) is 680 Å². The van der Waals surface area contributed by atoms with Gasteiger partial charge in [-0.05, 0) is 52.9 Å². The molecule has 0 saturated carbocycles. The first kappa shape index (κ1) is 81.6. The Labute approximate surface area is 534 Å². The van der Waals surface area contributed by atoms with Crippen molar-refractivity contribution >= 4 is 107 Å². The number of aromatic amines is 1. The van der Waals surface area contributed by atoms with Crippen LogP contribution < -0.4 is 81.0 Å². The molecular formula is C53H83N17O24. The Kier molecular flexibility index (Phi) is 34.5. The number of imidazole rings is 1. The zero-order chi connectivity index (χ0) is 72.0. The maximum Gasteiger partial charge on any atom is 0.305 e. The zero-order valence-electron chi connectivity index (χ0n) is 52.1. The van der Waals surface area contributed by atoms with E-state index in [0.717, 1.165) is 34.6 Å². The molecule has 94 heavy (non-hydrogen) atoms. The molecule has 14 atom stereocenters. The molecule has 0 bridgehead atoms. The number of carboxylic acid groups (broad SMARTS) is 3. The van der Waals surface area contributed by atoms with Crippen LogP contribution in [0.3, 0.4) is 0 Å². The SMILES string of the molecule is CC(=O)N[C@H](C(=O)N[C@@H](CCC(N)=O)C(=O)N[C@@H](CC(=O)O)C(=O)N[C@@H](C)C(=O)N[C@@H](CCC(=O)O)C(=O)N[C@@H](CC(=O)O)C(=O)N[C@@H](CC(N)=O)C(=O)N[C@H](C(=O)N[C@@H](C)C(=O)N[C@@H](CO)C(=O)N[C@@H](Cc1c[nH]cn1)C(=O)N[C@@H](CC(C)C)C(N)=O)[C@@H](C)O)[C@@H](C)O. The molecule has 41 nitrogen and oxygen atoms in total. The highest BCUT2D eigenvalue weighted by Crippen LogP contribution is 2.10. The number of carbonyl (C=O) groups excluding carboxylic acids is 15. The molecule has 1 aromatic rings. The normalized spacial score (nSPS) is 15.4. The van der Waals surface area contributed by atoms with Gasteiger partial charge in [-0.1, -0.05) is 13.8 Å². The van der Waals surface area contributed by atoms with Crippen LogP contribution in [0.5, 0.6) is 0 Å². The number of nitrogens with two attached hydrogens (primary N) is 3. The molecule has 41 heteroatoms. The van der Waals surface area contributed by atoms with E-state index in [0.29, 0.717) is 0 Å². The molecule has 0 aliphatic carbocycles. The van der Waals surface area contributed by atoms with Crippen LogP contribution in [0, 0.1) is 5.92 Å². The van der Waals surface area contributed by atoms with Gasteiger partial charge in [0.1, 0.15) is 72.5 Å². The lowest BCUT2D eigenvalue weighted by Gasteiger charge is -2.27. The summed E-state index contributed by atoms with van der Waals surface area (Å²) in [4.78, 5) is 238. The van der Waals surface area contributed by atoms with Gasteiger partial charge in [-0.2, -0.15) is 0 Å². The molecule has 0 unspecified atom stereocenters. The van der Waals surface area contributed by atoms with Crippen molar-refractivity contribution < 1.29 is 117 Å². The number of carbonyl (C=O) groups is 18. The standard InChI is InChI=1S/C53H83N17O24/c1-20(2)12-29(42(56)83)64-48(89)30(13-26-17-57-19-58-26)65-51(92)34(18-71)69-44(85)22(4)60-52(93)41(24(6)73)70-50(91)31(14-36(55)76)66-49(90)33(16-39(81)82)68-46(87)28(9-11-37(77)78)62-43(84)21(3)59-47(88)32(15-38(79)80)67-45(86)27(8-10-35(54)75)63-53(94)40(23(5)72)61-25(7)74/h17,19-24,27-34,40-41,71-73H,8-16,18H2,1-7H3,(H2,54,75)(H2,55,76)(H2,56,83)(H,57,58)(H,59,88)(H,60,93)(H,61,74)(H,62,84)(H,63,94)(H,64,89)(H,65,92)(H,66,90)(H,67,86)(H,68,87)(H,69,85)(H,70,91)(H,77,78)(H,79,80)(H,81,82)/t21-,22-,23+,24+,27-,28-,29-,30-,31-,32-,33-,34-,40-,41-/m0/s1. The van der Waals surface area contributed by atoms with Gasteiger partial charge in [0.25, 0.3) is 0 Å². The third kappa shape index (κ3) is 30.1. The van der Waals surface area contributed by atoms with Crippen LogP contribution in [-0.4, -0.2) is 238 Å². The zero-order valence-corrected chi connectivity index (χ0v) is 52.1. The van der Waals surface area contributed by atoms with E-state index in [-0.39, 0.29) is 24.5 Å². The van der Waals surface area contributed by atoms with Crippen molar-refractivity contribution in [3.8, 4) is 0 Å². The van der Waals surface area contributed by atoms with Crippen molar-refractivity contribution in [2.75, 3.05) is 6.61 Å². The second-order valence-corrected chi connectivity index (χ2v) is 21.9. The quantitative estimate of drug-likeness (QED) is 0.0289. The van der Waals surface area contributed by atoms with Gasteiger partial charge in [0.05, 0.1) is 50.1 Å². The summed E-state index contributed by atoms with van der Waals surface area (Å²) < 4.78 is 0. The number of aliphatic carboxylic acids is 3. The number of hydrogen-bond acceptors (Lipinski definition) is 22. The van der Waals surface area contributed by atoms with Crippen molar-refractivity contribution in [2.24, 2.45) is 23.1 Å². The molecule has 0 spiro atoms. The van der Waals surface area contributed by atoms with E-state index in [1.165, 1.54) is 12.5 Å². The molecule has 0 aliphatic heterocycles. The first-order chi connectivity index (χ1) is 43.7. The fourth-order valence-electron chi connectivity index (χ4n) is 8.25. The third-order valence-corrected chi connectivity index (χ3v) is 13.1. The number of primary amides is 3. The second kappa shape index (κ2) is 39.7. The molecule has 0 aromatic carbocycles. The molecule has 1 heterocycles. The van der Waals surface area contributed by atoms with Gasteiger partial charge in [-0.3, -0.25) is 86.3 Å². The van der Waals surface area contributed by atoms with Gasteiger partial charge in [-0.25, -0.2) is 4.98 Å². The smallest absolute Gasteiger partial charge is 0.305 e. The number of nitrogens with zero attached hydrogens (tertiary/aromatic N) is 1. The number of carboxylic acids is 3. The Morgan fingerprint density at radius 2 is 0.809 bits per heavy atom. The monoisotopic (exact) mass is 1340 g/mol. The molecule has 25 N–H and O–H groups in total. The maximum absolute atomic E-state index is 13.8. The molecule has 0 saturated heterocycles. The second-order valence-electron chi connectivity index (χ2n) is 21.9. The van der Waals surface area contributed by atoms with Crippen LogP contribution in [0.2, 0.25) is 0 Å². The molecule has 0 aliphatic rings.